The number of anilines is 3. The highest BCUT2D eigenvalue weighted by atomic mass is 32.1. The lowest BCUT2D eigenvalue weighted by atomic mass is 10.1. The molecule has 1 aliphatic rings. The molecule has 3 aromatic rings. The van der Waals surface area contributed by atoms with Crippen molar-refractivity contribution in [2.24, 2.45) is 0 Å². The van der Waals surface area contributed by atoms with Crippen LogP contribution in [0.25, 0.3) is 0 Å². The minimum absolute atomic E-state index is 0.0805. The van der Waals surface area contributed by atoms with Crippen molar-refractivity contribution in [1.82, 2.24) is 9.88 Å². The van der Waals surface area contributed by atoms with Crippen molar-refractivity contribution in [3.8, 4) is 0 Å². The van der Waals surface area contributed by atoms with E-state index >= 15 is 0 Å². The maximum Gasteiger partial charge on any atom is 0.273 e. The fraction of sp³-hybridized carbons (Fsp3) is 0.273. The average molecular weight is 411 g/mol. The van der Waals surface area contributed by atoms with Gasteiger partial charge in [-0.25, -0.2) is 9.37 Å². The number of nitrogens with zero attached hydrogens (tertiary/aromatic N) is 3. The van der Waals surface area contributed by atoms with Crippen LogP contribution in [0.3, 0.4) is 0 Å². The Morgan fingerprint density at radius 3 is 2.59 bits per heavy atom. The van der Waals surface area contributed by atoms with Gasteiger partial charge in [0, 0.05) is 37.2 Å². The number of hydrogen-bond acceptors (Lipinski definition) is 5. The van der Waals surface area contributed by atoms with Gasteiger partial charge in [-0.05, 0) is 37.6 Å². The van der Waals surface area contributed by atoms with Crippen LogP contribution in [-0.4, -0.2) is 42.0 Å². The molecule has 150 valence electrons. The number of aromatic nitrogens is 1. The summed E-state index contributed by atoms with van der Waals surface area (Å²) in [6.45, 7) is 6.40. The quantitative estimate of drug-likeness (QED) is 0.683. The number of rotatable bonds is 4. The Balaban J connectivity index is 1.39. The Labute approximate surface area is 173 Å². The van der Waals surface area contributed by atoms with Gasteiger partial charge in [0.05, 0.1) is 5.69 Å². The van der Waals surface area contributed by atoms with E-state index in [9.17, 15) is 9.18 Å². The number of piperazine rings is 1. The van der Waals surface area contributed by atoms with Crippen LogP contribution >= 0.6 is 11.3 Å². The van der Waals surface area contributed by atoms with E-state index in [4.69, 9.17) is 0 Å². The highest BCUT2D eigenvalue weighted by Gasteiger charge is 2.25. The number of nitrogens with one attached hydrogen (secondary N) is 1. The van der Waals surface area contributed by atoms with Gasteiger partial charge in [0.1, 0.15) is 11.5 Å². The zero-order chi connectivity index (χ0) is 20.4. The first-order valence-corrected chi connectivity index (χ1v) is 10.5. The predicted molar refractivity (Wildman–Crippen MR) is 116 cm³/mol. The molecule has 2 heterocycles. The summed E-state index contributed by atoms with van der Waals surface area (Å²) >= 11 is 1.42. The standard InChI is InChI=1S/C22H23FN4OS/c1-15-7-8-18(16(2)13-15)24-22-25-19(14-29-22)21(28)27-11-9-26(10-12-27)20-6-4-3-5-17(20)23/h3-8,13-14H,9-12H2,1-2H3,(H,24,25). The summed E-state index contributed by atoms with van der Waals surface area (Å²) in [4.78, 5) is 21.1. The molecular weight excluding hydrogens is 387 g/mol. The maximum atomic E-state index is 14.0. The SMILES string of the molecule is Cc1ccc(Nc2nc(C(=O)N3CCN(c4ccccc4F)CC3)cs2)c(C)c1. The second-order valence-electron chi connectivity index (χ2n) is 7.21. The van der Waals surface area contributed by atoms with Gasteiger partial charge < -0.3 is 15.1 Å². The van der Waals surface area contributed by atoms with Crippen LogP contribution in [0, 0.1) is 19.7 Å². The van der Waals surface area contributed by atoms with Crippen LogP contribution in [0.2, 0.25) is 0 Å². The Bertz CT molecular complexity index is 1030. The Morgan fingerprint density at radius 1 is 1.10 bits per heavy atom. The second kappa shape index (κ2) is 8.21. The van der Waals surface area contributed by atoms with E-state index in [0.717, 1.165) is 11.3 Å². The number of para-hydroxylation sites is 1. The summed E-state index contributed by atoms with van der Waals surface area (Å²) in [5, 5.41) is 5.79. The molecule has 4 rings (SSSR count). The molecule has 0 unspecified atom stereocenters. The topological polar surface area (TPSA) is 48.5 Å². The number of carbonyl (C=O) groups excluding carboxylic acids is 1. The third-order valence-corrected chi connectivity index (χ3v) is 5.86. The number of benzene rings is 2. The first kappa shape index (κ1) is 19.4. The molecule has 1 aromatic heterocycles. The molecule has 1 amide bonds. The summed E-state index contributed by atoms with van der Waals surface area (Å²) in [5.74, 6) is -0.308. The van der Waals surface area contributed by atoms with Crippen molar-refractivity contribution in [1.29, 1.82) is 0 Å². The predicted octanol–water partition coefficient (Wildman–Crippen LogP) is 4.61. The lowest BCUT2D eigenvalue weighted by molar-refractivity contribution is 0.0741. The Kier molecular flexibility index (Phi) is 5.49. The van der Waals surface area contributed by atoms with Gasteiger partial charge in [-0.15, -0.1) is 11.3 Å². The summed E-state index contributed by atoms with van der Waals surface area (Å²) in [5.41, 5.74) is 4.37. The number of thiazole rings is 1. The number of amides is 1. The van der Waals surface area contributed by atoms with Gasteiger partial charge in [-0.2, -0.15) is 0 Å². The van der Waals surface area contributed by atoms with Crippen LogP contribution in [-0.2, 0) is 0 Å². The first-order chi connectivity index (χ1) is 14.0. The van der Waals surface area contributed by atoms with Gasteiger partial charge in [-0.1, -0.05) is 29.8 Å². The average Bonchev–Trinajstić information content (AvgIpc) is 3.19. The Morgan fingerprint density at radius 2 is 1.86 bits per heavy atom. The molecule has 0 spiro atoms. The van der Waals surface area contributed by atoms with Crippen molar-refractivity contribution < 1.29 is 9.18 Å². The highest BCUT2D eigenvalue weighted by molar-refractivity contribution is 7.14. The number of aryl methyl sites for hydroxylation is 2. The van der Waals surface area contributed by atoms with Gasteiger partial charge in [0.25, 0.3) is 5.91 Å². The maximum absolute atomic E-state index is 14.0. The molecule has 1 saturated heterocycles. The number of hydrogen-bond donors (Lipinski definition) is 1. The molecule has 0 aliphatic carbocycles. The lowest BCUT2D eigenvalue weighted by Crippen LogP contribution is -2.49. The molecule has 29 heavy (non-hydrogen) atoms. The molecule has 7 heteroatoms. The van der Waals surface area contributed by atoms with E-state index in [1.165, 1.54) is 23.0 Å². The van der Waals surface area contributed by atoms with Crippen molar-refractivity contribution in [2.75, 3.05) is 36.4 Å². The number of halogens is 1. The van der Waals surface area contributed by atoms with Crippen LogP contribution in [0.15, 0.2) is 47.8 Å². The molecule has 5 nitrogen and oxygen atoms in total. The second-order valence-corrected chi connectivity index (χ2v) is 8.07. The van der Waals surface area contributed by atoms with E-state index in [1.54, 1.807) is 22.4 Å². The molecule has 2 aromatic carbocycles. The molecule has 0 bridgehead atoms. The molecule has 0 radical (unpaired) electrons. The normalized spacial score (nSPS) is 14.2. The highest BCUT2D eigenvalue weighted by Crippen LogP contribution is 2.25. The zero-order valence-electron chi connectivity index (χ0n) is 16.5. The van der Waals surface area contributed by atoms with Gasteiger partial charge in [0.15, 0.2) is 5.13 Å². The van der Waals surface area contributed by atoms with Crippen LogP contribution in [0.4, 0.5) is 20.9 Å². The van der Waals surface area contributed by atoms with Crippen molar-refractivity contribution in [2.45, 2.75) is 13.8 Å². The summed E-state index contributed by atoms with van der Waals surface area (Å²) in [6, 6.07) is 12.9. The summed E-state index contributed by atoms with van der Waals surface area (Å²) in [6.07, 6.45) is 0. The van der Waals surface area contributed by atoms with Crippen molar-refractivity contribution >= 4 is 33.8 Å². The van der Waals surface area contributed by atoms with E-state index < -0.39 is 0 Å². The van der Waals surface area contributed by atoms with E-state index in [1.807, 2.05) is 30.0 Å². The smallest absolute Gasteiger partial charge is 0.273 e. The summed E-state index contributed by atoms with van der Waals surface area (Å²) < 4.78 is 14.0. The molecule has 0 saturated carbocycles. The largest absolute Gasteiger partial charge is 0.366 e. The first-order valence-electron chi connectivity index (χ1n) is 9.60. The summed E-state index contributed by atoms with van der Waals surface area (Å²) in [7, 11) is 0. The molecule has 1 N–H and O–H groups in total. The van der Waals surface area contributed by atoms with Crippen molar-refractivity contribution in [3.05, 3.63) is 70.5 Å². The minimum Gasteiger partial charge on any atom is -0.366 e. The fourth-order valence-electron chi connectivity index (χ4n) is 3.52. The molecular formula is C22H23FN4OS. The van der Waals surface area contributed by atoms with Crippen LogP contribution < -0.4 is 10.2 Å². The van der Waals surface area contributed by atoms with Gasteiger partial charge in [-0.3, -0.25) is 4.79 Å². The minimum atomic E-state index is -0.228. The Hall–Kier alpha value is -2.93. The molecule has 1 aliphatic heterocycles. The third-order valence-electron chi connectivity index (χ3n) is 5.11. The fourth-order valence-corrected chi connectivity index (χ4v) is 4.22. The monoisotopic (exact) mass is 410 g/mol. The van der Waals surface area contributed by atoms with Gasteiger partial charge in [0.2, 0.25) is 0 Å². The van der Waals surface area contributed by atoms with E-state index in [-0.39, 0.29) is 11.7 Å². The van der Waals surface area contributed by atoms with Crippen LogP contribution in [0.5, 0.6) is 0 Å². The van der Waals surface area contributed by atoms with Crippen molar-refractivity contribution in [3.63, 3.8) is 0 Å². The molecule has 0 atom stereocenters. The van der Waals surface area contributed by atoms with E-state index in [2.05, 4.69) is 23.3 Å². The van der Waals surface area contributed by atoms with Gasteiger partial charge >= 0.3 is 0 Å². The molecule has 1 fully saturated rings. The number of carbonyl (C=O) groups is 1. The zero-order valence-corrected chi connectivity index (χ0v) is 17.3. The lowest BCUT2D eigenvalue weighted by Gasteiger charge is -2.35. The van der Waals surface area contributed by atoms with E-state index in [0.29, 0.717) is 42.7 Å². The third kappa shape index (κ3) is 4.24. The van der Waals surface area contributed by atoms with Crippen LogP contribution in [0.1, 0.15) is 21.6 Å².